The summed E-state index contributed by atoms with van der Waals surface area (Å²) in [5.74, 6) is 1.22. The Morgan fingerprint density at radius 1 is 1.11 bits per heavy atom. The first-order valence-electron chi connectivity index (χ1n) is 9.64. The number of rotatable bonds is 5. The van der Waals surface area contributed by atoms with E-state index in [2.05, 4.69) is 20.5 Å². The van der Waals surface area contributed by atoms with Crippen LogP contribution in [0.4, 0.5) is 0 Å². The van der Waals surface area contributed by atoms with Crippen molar-refractivity contribution in [1.82, 2.24) is 25.3 Å². The van der Waals surface area contributed by atoms with Gasteiger partial charge in [-0.2, -0.15) is 0 Å². The molecule has 0 saturated carbocycles. The normalized spacial score (nSPS) is 21.2. The Hall–Kier alpha value is -1.10. The van der Waals surface area contributed by atoms with Crippen molar-refractivity contribution in [3.05, 3.63) is 0 Å². The van der Waals surface area contributed by atoms with Gasteiger partial charge in [0.15, 0.2) is 5.96 Å². The SMILES string of the molecule is CN=C(NCCN1CCN(C(C)=O)CC1)NC1CCN(C(=O)C(C)C)C1.I. The Balaban J connectivity index is 0.00000364. The second kappa shape index (κ2) is 11.7. The van der Waals surface area contributed by atoms with Gasteiger partial charge in [0.2, 0.25) is 11.8 Å². The number of nitrogens with zero attached hydrogens (tertiary/aromatic N) is 4. The molecule has 0 spiro atoms. The quantitative estimate of drug-likeness (QED) is 0.324. The van der Waals surface area contributed by atoms with Crippen LogP contribution in [0, 0.1) is 5.92 Å². The molecule has 1 unspecified atom stereocenters. The first-order valence-corrected chi connectivity index (χ1v) is 9.64. The van der Waals surface area contributed by atoms with E-state index < -0.39 is 0 Å². The molecule has 1 atom stereocenters. The fourth-order valence-electron chi connectivity index (χ4n) is 3.45. The van der Waals surface area contributed by atoms with Crippen LogP contribution in [-0.4, -0.2) is 97.9 Å². The zero-order valence-corrected chi connectivity index (χ0v) is 19.4. The van der Waals surface area contributed by atoms with E-state index >= 15 is 0 Å². The highest BCUT2D eigenvalue weighted by Gasteiger charge is 2.28. The van der Waals surface area contributed by atoms with Gasteiger partial charge >= 0.3 is 0 Å². The van der Waals surface area contributed by atoms with Gasteiger partial charge in [-0.05, 0) is 6.42 Å². The zero-order chi connectivity index (χ0) is 19.1. The van der Waals surface area contributed by atoms with Gasteiger partial charge in [-0.3, -0.25) is 19.5 Å². The molecule has 2 saturated heterocycles. The summed E-state index contributed by atoms with van der Waals surface area (Å²) in [4.78, 5) is 33.9. The van der Waals surface area contributed by atoms with Crippen molar-refractivity contribution in [3.63, 3.8) is 0 Å². The highest BCUT2D eigenvalue weighted by atomic mass is 127. The monoisotopic (exact) mass is 494 g/mol. The summed E-state index contributed by atoms with van der Waals surface area (Å²) in [6.45, 7) is 12.3. The minimum atomic E-state index is 0. The lowest BCUT2D eigenvalue weighted by Crippen LogP contribution is -2.51. The van der Waals surface area contributed by atoms with Crippen LogP contribution in [0.2, 0.25) is 0 Å². The molecule has 2 aliphatic rings. The number of likely N-dealkylation sites (tertiary alicyclic amines) is 1. The van der Waals surface area contributed by atoms with Gasteiger partial charge in [-0.1, -0.05) is 13.8 Å². The third-order valence-electron chi connectivity index (χ3n) is 5.10. The van der Waals surface area contributed by atoms with Crippen molar-refractivity contribution in [2.45, 2.75) is 33.2 Å². The molecule has 9 heteroatoms. The maximum absolute atomic E-state index is 12.1. The van der Waals surface area contributed by atoms with Gasteiger partial charge < -0.3 is 20.4 Å². The number of amides is 2. The first kappa shape index (κ1) is 23.9. The second-order valence-corrected chi connectivity index (χ2v) is 7.42. The van der Waals surface area contributed by atoms with Crippen LogP contribution in [0.25, 0.3) is 0 Å². The summed E-state index contributed by atoms with van der Waals surface area (Å²) in [6, 6.07) is 0.253. The van der Waals surface area contributed by atoms with Crippen molar-refractivity contribution in [1.29, 1.82) is 0 Å². The molecule has 156 valence electrons. The molecule has 0 aromatic carbocycles. The van der Waals surface area contributed by atoms with Crippen LogP contribution in [0.15, 0.2) is 4.99 Å². The Labute approximate surface area is 180 Å². The van der Waals surface area contributed by atoms with E-state index in [9.17, 15) is 9.59 Å². The molecule has 2 fully saturated rings. The molecule has 2 rings (SSSR count). The molecule has 2 N–H and O–H groups in total. The molecule has 2 amide bonds. The Bertz CT molecular complexity index is 520. The molecular formula is C18H35IN6O2. The minimum Gasteiger partial charge on any atom is -0.355 e. The van der Waals surface area contributed by atoms with Crippen LogP contribution in [0.5, 0.6) is 0 Å². The molecule has 2 aliphatic heterocycles. The highest BCUT2D eigenvalue weighted by molar-refractivity contribution is 14.0. The molecule has 0 aromatic rings. The van der Waals surface area contributed by atoms with Crippen molar-refractivity contribution >= 4 is 41.8 Å². The number of nitrogens with one attached hydrogen (secondary N) is 2. The predicted octanol–water partition coefficient (Wildman–Crippen LogP) is 0.190. The van der Waals surface area contributed by atoms with Gasteiger partial charge in [0.25, 0.3) is 0 Å². The van der Waals surface area contributed by atoms with Gasteiger partial charge in [0, 0.05) is 78.3 Å². The van der Waals surface area contributed by atoms with Crippen LogP contribution in [0.3, 0.4) is 0 Å². The van der Waals surface area contributed by atoms with Crippen LogP contribution in [-0.2, 0) is 9.59 Å². The molecule has 0 aliphatic carbocycles. The van der Waals surface area contributed by atoms with Gasteiger partial charge in [0.1, 0.15) is 0 Å². The number of piperazine rings is 1. The number of aliphatic imine (C=N–C) groups is 1. The van der Waals surface area contributed by atoms with E-state index in [-0.39, 0.29) is 47.8 Å². The molecule has 0 radical (unpaired) electrons. The van der Waals surface area contributed by atoms with Crippen molar-refractivity contribution < 1.29 is 9.59 Å². The van der Waals surface area contributed by atoms with Gasteiger partial charge in [-0.25, -0.2) is 0 Å². The van der Waals surface area contributed by atoms with Crippen molar-refractivity contribution in [2.75, 3.05) is 59.4 Å². The number of hydrogen-bond donors (Lipinski definition) is 2. The summed E-state index contributed by atoms with van der Waals surface area (Å²) < 4.78 is 0. The third kappa shape index (κ3) is 7.44. The zero-order valence-electron chi connectivity index (χ0n) is 17.0. The lowest BCUT2D eigenvalue weighted by atomic mass is 10.2. The maximum atomic E-state index is 12.1. The van der Waals surface area contributed by atoms with Crippen LogP contribution >= 0.6 is 24.0 Å². The molecule has 2 heterocycles. The number of guanidine groups is 1. The topological polar surface area (TPSA) is 80.3 Å². The number of hydrogen-bond acceptors (Lipinski definition) is 4. The lowest BCUT2D eigenvalue weighted by molar-refractivity contribution is -0.133. The Morgan fingerprint density at radius 2 is 1.78 bits per heavy atom. The van der Waals surface area contributed by atoms with E-state index in [1.165, 1.54) is 0 Å². The van der Waals surface area contributed by atoms with Crippen molar-refractivity contribution in [2.24, 2.45) is 10.9 Å². The van der Waals surface area contributed by atoms with E-state index in [0.717, 1.165) is 64.7 Å². The molecular weight excluding hydrogens is 459 g/mol. The number of halogens is 1. The third-order valence-corrected chi connectivity index (χ3v) is 5.10. The summed E-state index contributed by atoms with van der Waals surface area (Å²) in [7, 11) is 1.77. The Morgan fingerprint density at radius 3 is 2.33 bits per heavy atom. The molecule has 0 bridgehead atoms. The summed E-state index contributed by atoms with van der Waals surface area (Å²) in [6.07, 6.45) is 0.951. The lowest BCUT2D eigenvalue weighted by Gasteiger charge is -2.34. The van der Waals surface area contributed by atoms with Gasteiger partial charge in [-0.15, -0.1) is 24.0 Å². The van der Waals surface area contributed by atoms with Crippen LogP contribution < -0.4 is 10.6 Å². The minimum absolute atomic E-state index is 0. The smallest absolute Gasteiger partial charge is 0.225 e. The molecule has 27 heavy (non-hydrogen) atoms. The average Bonchev–Trinajstić information content (AvgIpc) is 3.08. The molecule has 8 nitrogen and oxygen atoms in total. The Kier molecular flexibility index (Phi) is 10.4. The van der Waals surface area contributed by atoms with E-state index in [0.29, 0.717) is 0 Å². The summed E-state index contributed by atoms with van der Waals surface area (Å²) >= 11 is 0. The summed E-state index contributed by atoms with van der Waals surface area (Å²) in [5, 5.41) is 6.78. The summed E-state index contributed by atoms with van der Waals surface area (Å²) in [5.41, 5.74) is 0. The molecule has 0 aromatic heterocycles. The second-order valence-electron chi connectivity index (χ2n) is 7.42. The first-order chi connectivity index (χ1) is 12.4. The van der Waals surface area contributed by atoms with E-state index in [4.69, 9.17) is 0 Å². The standard InChI is InChI=1S/C18H34N6O2.HI/c1-14(2)17(26)24-7-5-16(13-24)21-18(19-4)20-6-8-22-9-11-23(12-10-22)15(3)25;/h14,16H,5-13H2,1-4H3,(H2,19,20,21);1H. The largest absolute Gasteiger partial charge is 0.355 e. The average molecular weight is 494 g/mol. The van der Waals surface area contributed by atoms with Crippen LogP contribution in [0.1, 0.15) is 27.2 Å². The number of carbonyl (C=O) groups is 2. The fourth-order valence-corrected chi connectivity index (χ4v) is 3.45. The number of carbonyl (C=O) groups excluding carboxylic acids is 2. The maximum Gasteiger partial charge on any atom is 0.225 e. The van der Waals surface area contributed by atoms with Crippen molar-refractivity contribution in [3.8, 4) is 0 Å². The predicted molar refractivity (Wildman–Crippen MR) is 118 cm³/mol. The fraction of sp³-hybridized carbons (Fsp3) is 0.833. The van der Waals surface area contributed by atoms with Gasteiger partial charge in [0.05, 0.1) is 0 Å². The highest BCUT2D eigenvalue weighted by Crippen LogP contribution is 2.12. The van der Waals surface area contributed by atoms with E-state index in [1.807, 2.05) is 23.6 Å². The van der Waals surface area contributed by atoms with E-state index in [1.54, 1.807) is 14.0 Å².